The Morgan fingerprint density at radius 1 is 0.425 bits per heavy atom. The van der Waals surface area contributed by atoms with Crippen LogP contribution in [0, 0.1) is 0 Å². The molecule has 0 fully saturated rings. The lowest BCUT2D eigenvalue weighted by Gasteiger charge is -2.26. The molecule has 0 rings (SSSR count). The zero-order chi connectivity index (χ0) is 53.4. The van der Waals surface area contributed by atoms with Gasteiger partial charge in [0.05, 0.1) is 40.3 Å². The average molecular weight is 1020 g/mol. The SMILES string of the molecule is CC/C=C\C/C=C\C/C=C\C/C=C\C/C=C\C/C=C\C/C=C\C/C=C\CCCCC(=O)OC(COC(=O)CCCCCCCCCCC/C=C\CCCCCCCCCC)COC(OCC[N+](C)(C)C)C(=O)[O-]. The first kappa shape index (κ1) is 69.0. The second-order valence-corrected chi connectivity index (χ2v) is 20.2. The number of unbranched alkanes of at least 4 members (excludes halogenated alkanes) is 19. The second kappa shape index (κ2) is 54.2. The Bertz CT molecular complexity index is 1560. The predicted molar refractivity (Wildman–Crippen MR) is 306 cm³/mol. The number of carboxylic acids is 1. The summed E-state index contributed by atoms with van der Waals surface area (Å²) in [7, 11) is 5.90. The number of likely N-dealkylation sites (N-methyl/N-ethyl adjacent to an activating group) is 1. The van der Waals surface area contributed by atoms with Gasteiger partial charge in [0, 0.05) is 12.8 Å². The molecule has 0 aromatic heterocycles. The molecule has 0 spiro atoms. The van der Waals surface area contributed by atoms with Crippen LogP contribution in [-0.2, 0) is 33.3 Å². The molecular weight excluding hydrogens is 911 g/mol. The summed E-state index contributed by atoms with van der Waals surface area (Å²) in [5.41, 5.74) is 0. The highest BCUT2D eigenvalue weighted by atomic mass is 16.7. The molecule has 0 heterocycles. The van der Waals surface area contributed by atoms with Gasteiger partial charge >= 0.3 is 11.9 Å². The lowest BCUT2D eigenvalue weighted by molar-refractivity contribution is -0.870. The van der Waals surface area contributed by atoms with Gasteiger partial charge in [0.15, 0.2) is 12.4 Å². The van der Waals surface area contributed by atoms with Crippen LogP contribution in [0.15, 0.2) is 109 Å². The smallest absolute Gasteiger partial charge is 0.306 e. The van der Waals surface area contributed by atoms with E-state index < -0.39 is 24.3 Å². The van der Waals surface area contributed by atoms with Crippen molar-refractivity contribution in [3.05, 3.63) is 109 Å². The van der Waals surface area contributed by atoms with Gasteiger partial charge in [-0.25, -0.2) is 0 Å². The fraction of sp³-hybridized carbons (Fsp3) is 0.672. The predicted octanol–water partition coefficient (Wildman–Crippen LogP) is 15.8. The van der Waals surface area contributed by atoms with Crippen LogP contribution in [0.4, 0.5) is 0 Å². The highest BCUT2D eigenvalue weighted by Gasteiger charge is 2.22. The molecule has 0 radical (unpaired) electrons. The minimum Gasteiger partial charge on any atom is -0.545 e. The van der Waals surface area contributed by atoms with Crippen molar-refractivity contribution in [3.8, 4) is 0 Å². The van der Waals surface area contributed by atoms with Crippen LogP contribution in [0.5, 0.6) is 0 Å². The Hall–Kier alpha value is -4.05. The van der Waals surface area contributed by atoms with Gasteiger partial charge in [0.2, 0.25) is 0 Å². The molecule has 0 N–H and O–H groups in total. The number of quaternary nitrogens is 1. The van der Waals surface area contributed by atoms with Crippen molar-refractivity contribution in [3.63, 3.8) is 0 Å². The molecule has 2 unspecified atom stereocenters. The van der Waals surface area contributed by atoms with Gasteiger partial charge in [-0.2, -0.15) is 0 Å². The maximum absolute atomic E-state index is 12.8. The Labute approximate surface area is 447 Å². The Morgan fingerprint density at radius 3 is 1.21 bits per heavy atom. The molecule has 73 heavy (non-hydrogen) atoms. The summed E-state index contributed by atoms with van der Waals surface area (Å²) in [6, 6.07) is 0. The van der Waals surface area contributed by atoms with Crippen LogP contribution in [0.2, 0.25) is 0 Å². The first-order valence-electron chi connectivity index (χ1n) is 29.0. The van der Waals surface area contributed by atoms with Crippen molar-refractivity contribution in [1.29, 1.82) is 0 Å². The van der Waals surface area contributed by atoms with Crippen LogP contribution >= 0.6 is 0 Å². The molecule has 2 atom stereocenters. The van der Waals surface area contributed by atoms with Crippen molar-refractivity contribution < 1.29 is 42.9 Å². The first-order valence-corrected chi connectivity index (χ1v) is 29.0. The number of hydrogen-bond donors (Lipinski definition) is 0. The summed E-state index contributed by atoms with van der Waals surface area (Å²) in [6.07, 6.45) is 71.4. The zero-order valence-corrected chi connectivity index (χ0v) is 47.2. The molecule has 0 aliphatic heterocycles. The second-order valence-electron chi connectivity index (χ2n) is 20.2. The summed E-state index contributed by atoms with van der Waals surface area (Å²) < 4.78 is 22.6. The standard InChI is InChI=1S/C64H107NO8/c1-6-8-10-12-14-16-18-20-22-24-26-28-29-30-31-32-33-35-37-39-41-43-45-47-49-51-53-55-62(67)73-60(59-72-64(63(68)69)70-57-56-65(3,4)5)58-71-61(66)54-52-50-48-46-44-42-40-38-36-34-27-25-23-21-19-17-15-13-11-9-7-2/h8,10,14,16,20,22,25-28,30-31,33,35,39,41,45,47,60,64H,6-7,9,11-13,15,17-19,21,23-24,29,32,34,36-38,40,42-44,46,48-59H2,1-5H3/b10-8-,16-14-,22-20-,27-25-,28-26-,31-30-,35-33-,41-39-,47-45-. The number of nitrogens with zero attached hydrogens (tertiary/aromatic N) is 1. The van der Waals surface area contributed by atoms with Crippen molar-refractivity contribution >= 4 is 17.9 Å². The molecule has 0 aliphatic rings. The molecule has 0 saturated heterocycles. The quantitative estimate of drug-likeness (QED) is 0.0195. The molecule has 0 aliphatic carbocycles. The van der Waals surface area contributed by atoms with Gasteiger partial charge in [0.25, 0.3) is 0 Å². The van der Waals surface area contributed by atoms with Crippen molar-refractivity contribution in [2.75, 3.05) is 47.5 Å². The van der Waals surface area contributed by atoms with Crippen LogP contribution in [0.25, 0.3) is 0 Å². The highest BCUT2D eigenvalue weighted by Crippen LogP contribution is 2.14. The number of rotatable bonds is 52. The van der Waals surface area contributed by atoms with Crippen molar-refractivity contribution in [2.45, 2.75) is 232 Å². The van der Waals surface area contributed by atoms with Crippen LogP contribution in [-0.4, -0.2) is 82.3 Å². The number of carbonyl (C=O) groups is 3. The van der Waals surface area contributed by atoms with Crippen LogP contribution in [0.1, 0.15) is 219 Å². The average Bonchev–Trinajstić information content (AvgIpc) is 3.36. The third-order valence-corrected chi connectivity index (χ3v) is 12.0. The fourth-order valence-electron chi connectivity index (χ4n) is 7.55. The Morgan fingerprint density at radius 2 is 0.781 bits per heavy atom. The minimum absolute atomic E-state index is 0.133. The molecule has 0 aromatic carbocycles. The summed E-state index contributed by atoms with van der Waals surface area (Å²) >= 11 is 0. The van der Waals surface area contributed by atoms with E-state index in [1.807, 2.05) is 21.1 Å². The van der Waals surface area contributed by atoms with Gasteiger partial charge in [-0.1, -0.05) is 213 Å². The summed E-state index contributed by atoms with van der Waals surface area (Å²) in [5.74, 6) is -2.36. The third-order valence-electron chi connectivity index (χ3n) is 12.0. The zero-order valence-electron chi connectivity index (χ0n) is 47.2. The number of allylic oxidation sites excluding steroid dienone is 18. The number of ether oxygens (including phenoxy) is 4. The molecule has 0 aromatic rings. The van der Waals surface area contributed by atoms with E-state index in [0.717, 1.165) is 83.5 Å². The van der Waals surface area contributed by atoms with E-state index in [9.17, 15) is 19.5 Å². The number of hydrogen-bond acceptors (Lipinski definition) is 8. The molecule has 0 saturated carbocycles. The molecular formula is C64H107NO8. The van der Waals surface area contributed by atoms with E-state index in [1.54, 1.807) is 0 Å². The van der Waals surface area contributed by atoms with Gasteiger partial charge < -0.3 is 33.3 Å². The lowest BCUT2D eigenvalue weighted by atomic mass is 10.1. The topological polar surface area (TPSA) is 111 Å². The molecule has 9 nitrogen and oxygen atoms in total. The number of aliphatic carboxylic acids is 1. The molecule has 0 bridgehead atoms. The Balaban J connectivity index is 4.39. The minimum atomic E-state index is -1.64. The van der Waals surface area contributed by atoms with Gasteiger partial charge in [-0.15, -0.1) is 0 Å². The van der Waals surface area contributed by atoms with E-state index in [0.29, 0.717) is 17.4 Å². The summed E-state index contributed by atoms with van der Waals surface area (Å²) in [5, 5.41) is 11.8. The highest BCUT2D eigenvalue weighted by molar-refractivity contribution is 5.70. The van der Waals surface area contributed by atoms with Gasteiger partial charge in [-0.05, 0) is 103 Å². The van der Waals surface area contributed by atoms with E-state index in [-0.39, 0.29) is 38.6 Å². The first-order chi connectivity index (χ1) is 35.6. The van der Waals surface area contributed by atoms with E-state index in [2.05, 4.69) is 123 Å². The number of carbonyl (C=O) groups excluding carboxylic acids is 3. The Kier molecular flexibility index (Phi) is 51.2. The van der Waals surface area contributed by atoms with E-state index in [1.165, 1.54) is 103 Å². The number of carboxylic acid groups (broad SMARTS) is 1. The van der Waals surface area contributed by atoms with Crippen LogP contribution in [0.3, 0.4) is 0 Å². The molecule has 0 amide bonds. The van der Waals surface area contributed by atoms with Gasteiger partial charge in [-0.3, -0.25) is 9.59 Å². The van der Waals surface area contributed by atoms with Crippen molar-refractivity contribution in [1.82, 2.24) is 0 Å². The maximum atomic E-state index is 12.8. The largest absolute Gasteiger partial charge is 0.545 e. The third kappa shape index (κ3) is 55.5. The molecule has 9 heteroatoms. The normalized spacial score (nSPS) is 13.6. The van der Waals surface area contributed by atoms with Crippen molar-refractivity contribution in [2.24, 2.45) is 0 Å². The molecule has 416 valence electrons. The summed E-state index contributed by atoms with van der Waals surface area (Å²) in [4.78, 5) is 37.3. The fourth-order valence-corrected chi connectivity index (χ4v) is 7.55. The number of esters is 2. The van der Waals surface area contributed by atoms with Gasteiger partial charge in [0.1, 0.15) is 13.2 Å². The monoisotopic (exact) mass is 1020 g/mol. The maximum Gasteiger partial charge on any atom is 0.306 e. The van der Waals surface area contributed by atoms with E-state index >= 15 is 0 Å². The van der Waals surface area contributed by atoms with E-state index in [4.69, 9.17) is 18.9 Å². The summed E-state index contributed by atoms with van der Waals surface area (Å²) in [6.45, 7) is 4.57. The van der Waals surface area contributed by atoms with Crippen LogP contribution < -0.4 is 5.11 Å². The lowest BCUT2D eigenvalue weighted by Crippen LogP contribution is -2.44.